The highest BCUT2D eigenvalue weighted by Crippen LogP contribution is 2.58. The first-order chi connectivity index (χ1) is 9.13. The Balaban J connectivity index is 1.77. The third-order valence-corrected chi connectivity index (χ3v) is 5.82. The summed E-state index contributed by atoms with van der Waals surface area (Å²) in [6.45, 7) is 2.05. The lowest BCUT2D eigenvalue weighted by molar-refractivity contribution is -0.0306. The Labute approximate surface area is 113 Å². The van der Waals surface area contributed by atoms with Gasteiger partial charge in [0.05, 0.1) is 0 Å². The van der Waals surface area contributed by atoms with Crippen molar-refractivity contribution in [2.45, 2.75) is 45.1 Å². The predicted octanol–water partition coefficient (Wildman–Crippen LogP) is 3.49. The molecule has 1 heterocycles. The highest BCUT2D eigenvalue weighted by Gasteiger charge is 2.49. The van der Waals surface area contributed by atoms with Crippen molar-refractivity contribution in [1.29, 1.82) is 0 Å². The smallest absolute Gasteiger partial charge is 0.352 e. The maximum absolute atomic E-state index is 11.4. The van der Waals surface area contributed by atoms with Gasteiger partial charge in [0.1, 0.15) is 5.69 Å². The van der Waals surface area contributed by atoms with E-state index in [1.165, 1.54) is 32.1 Å². The van der Waals surface area contributed by atoms with Crippen LogP contribution in [0.4, 0.5) is 0 Å². The van der Waals surface area contributed by atoms with E-state index in [0.717, 1.165) is 29.4 Å². The van der Waals surface area contributed by atoms with Crippen LogP contribution in [-0.4, -0.2) is 15.6 Å². The van der Waals surface area contributed by atoms with E-state index in [1.807, 2.05) is 6.07 Å². The van der Waals surface area contributed by atoms with Crippen molar-refractivity contribution in [2.75, 3.05) is 0 Å². The summed E-state index contributed by atoms with van der Waals surface area (Å²) in [7, 11) is 0. The van der Waals surface area contributed by atoms with Crippen LogP contribution < -0.4 is 0 Å². The molecule has 102 valence electrons. The minimum Gasteiger partial charge on any atom is -0.477 e. The van der Waals surface area contributed by atoms with Gasteiger partial charge in [-0.25, -0.2) is 4.79 Å². The third kappa shape index (κ3) is 1.60. The molecule has 0 radical (unpaired) electrons. The number of carboxylic acids is 1. The zero-order valence-electron chi connectivity index (χ0n) is 11.4. The van der Waals surface area contributed by atoms with Crippen LogP contribution >= 0.6 is 0 Å². The van der Waals surface area contributed by atoms with Gasteiger partial charge in [0, 0.05) is 11.7 Å². The van der Waals surface area contributed by atoms with Gasteiger partial charge >= 0.3 is 5.97 Å². The fraction of sp³-hybridized carbons (Fsp3) is 0.688. The Morgan fingerprint density at radius 2 is 1.68 bits per heavy atom. The summed E-state index contributed by atoms with van der Waals surface area (Å²) in [6, 6.07) is 4.20. The summed E-state index contributed by atoms with van der Waals surface area (Å²) < 4.78 is 2.15. The van der Waals surface area contributed by atoms with E-state index in [-0.39, 0.29) is 0 Å². The molecule has 4 fully saturated rings. The Bertz CT molecular complexity index is 503. The van der Waals surface area contributed by atoms with Gasteiger partial charge in [0.2, 0.25) is 0 Å². The number of carboxylic acid groups (broad SMARTS) is 1. The van der Waals surface area contributed by atoms with Gasteiger partial charge in [-0.2, -0.15) is 0 Å². The highest BCUT2D eigenvalue weighted by molar-refractivity contribution is 5.86. The maximum Gasteiger partial charge on any atom is 0.352 e. The largest absolute Gasteiger partial charge is 0.477 e. The van der Waals surface area contributed by atoms with Crippen LogP contribution in [0.1, 0.15) is 54.3 Å². The number of hydrogen-bond donors (Lipinski definition) is 1. The van der Waals surface area contributed by atoms with Crippen LogP contribution in [0.3, 0.4) is 0 Å². The first kappa shape index (κ1) is 11.6. The molecular weight excluding hydrogens is 238 g/mol. The maximum atomic E-state index is 11.4. The van der Waals surface area contributed by atoms with Gasteiger partial charge in [0.15, 0.2) is 0 Å². The lowest BCUT2D eigenvalue weighted by Gasteiger charge is -2.55. The monoisotopic (exact) mass is 259 g/mol. The van der Waals surface area contributed by atoms with Crippen LogP contribution in [0.25, 0.3) is 0 Å². The first-order valence-electron chi connectivity index (χ1n) is 7.54. The first-order valence-corrected chi connectivity index (χ1v) is 7.54. The number of carbonyl (C=O) groups is 1. The Morgan fingerprint density at radius 3 is 2.21 bits per heavy atom. The molecule has 0 aliphatic heterocycles. The molecule has 5 rings (SSSR count). The molecule has 19 heavy (non-hydrogen) atoms. The standard InChI is InChI=1S/C16H21NO2/c1-9-2-3-14(16(18)19)17(9)15-12-5-10-4-11(7-12)8-13(15)6-10/h2-3,10-13,15H,4-8H2,1H3,(H,18,19). The Morgan fingerprint density at radius 1 is 1.11 bits per heavy atom. The molecule has 0 spiro atoms. The number of hydrogen-bond acceptors (Lipinski definition) is 1. The number of aromatic nitrogens is 1. The van der Waals surface area contributed by atoms with Gasteiger partial charge < -0.3 is 9.67 Å². The summed E-state index contributed by atoms with van der Waals surface area (Å²) in [6.07, 6.45) is 6.75. The van der Waals surface area contributed by atoms with Crippen molar-refractivity contribution in [3.8, 4) is 0 Å². The van der Waals surface area contributed by atoms with Crippen LogP contribution in [0.5, 0.6) is 0 Å². The second-order valence-corrected chi connectivity index (χ2v) is 6.96. The summed E-state index contributed by atoms with van der Waals surface area (Å²) in [5.74, 6) is 2.54. The zero-order valence-corrected chi connectivity index (χ0v) is 11.4. The van der Waals surface area contributed by atoms with Gasteiger partial charge in [-0.05, 0) is 74.8 Å². The zero-order chi connectivity index (χ0) is 13.1. The number of nitrogens with zero attached hydrogens (tertiary/aromatic N) is 1. The lowest BCUT2D eigenvalue weighted by Crippen LogP contribution is -2.46. The summed E-state index contributed by atoms with van der Waals surface area (Å²) in [5, 5.41) is 9.41. The Kier molecular flexibility index (Phi) is 2.36. The van der Waals surface area contributed by atoms with Gasteiger partial charge in [0.25, 0.3) is 0 Å². The van der Waals surface area contributed by atoms with E-state index in [1.54, 1.807) is 6.07 Å². The number of aryl methyl sites for hydroxylation is 1. The van der Waals surface area contributed by atoms with E-state index in [9.17, 15) is 9.90 Å². The minimum absolute atomic E-state index is 0.453. The van der Waals surface area contributed by atoms with Crippen molar-refractivity contribution < 1.29 is 9.90 Å². The van der Waals surface area contributed by atoms with E-state index in [4.69, 9.17) is 0 Å². The molecular formula is C16H21NO2. The van der Waals surface area contributed by atoms with Crippen LogP contribution in [0.15, 0.2) is 12.1 Å². The molecule has 3 heteroatoms. The normalized spacial score (nSPS) is 39.7. The molecule has 1 aromatic heterocycles. The lowest BCUT2D eigenvalue weighted by atomic mass is 9.54. The van der Waals surface area contributed by atoms with Crippen molar-refractivity contribution in [2.24, 2.45) is 23.7 Å². The van der Waals surface area contributed by atoms with Crippen molar-refractivity contribution >= 4 is 5.97 Å². The predicted molar refractivity (Wildman–Crippen MR) is 72.2 cm³/mol. The SMILES string of the molecule is Cc1ccc(C(=O)O)n1C1C2CC3CC(C2)CC1C3. The molecule has 0 saturated heterocycles. The van der Waals surface area contributed by atoms with Crippen LogP contribution in [0, 0.1) is 30.6 Å². The second-order valence-electron chi connectivity index (χ2n) is 6.96. The quantitative estimate of drug-likeness (QED) is 0.883. The second kappa shape index (κ2) is 3.87. The molecule has 3 nitrogen and oxygen atoms in total. The molecule has 4 saturated carbocycles. The Hall–Kier alpha value is -1.25. The molecule has 0 atom stereocenters. The number of aromatic carboxylic acids is 1. The summed E-state index contributed by atoms with van der Waals surface area (Å²) in [5.41, 5.74) is 1.62. The van der Waals surface area contributed by atoms with Crippen LogP contribution in [-0.2, 0) is 0 Å². The average molecular weight is 259 g/mol. The summed E-state index contributed by atoms with van der Waals surface area (Å²) >= 11 is 0. The molecule has 0 amide bonds. The summed E-state index contributed by atoms with van der Waals surface area (Å²) in [4.78, 5) is 11.4. The fourth-order valence-electron chi connectivity index (χ4n) is 5.44. The highest BCUT2D eigenvalue weighted by atomic mass is 16.4. The topological polar surface area (TPSA) is 42.2 Å². The average Bonchev–Trinajstić information content (AvgIpc) is 2.70. The van der Waals surface area contributed by atoms with Gasteiger partial charge in [-0.3, -0.25) is 0 Å². The molecule has 1 aromatic rings. The molecule has 4 aliphatic carbocycles. The fourth-order valence-corrected chi connectivity index (χ4v) is 5.44. The molecule has 0 unspecified atom stereocenters. The van der Waals surface area contributed by atoms with Crippen LogP contribution in [0.2, 0.25) is 0 Å². The van der Waals surface area contributed by atoms with Gasteiger partial charge in [-0.1, -0.05) is 0 Å². The van der Waals surface area contributed by atoms with E-state index in [0.29, 0.717) is 11.7 Å². The van der Waals surface area contributed by atoms with E-state index >= 15 is 0 Å². The molecule has 4 bridgehead atoms. The number of rotatable bonds is 2. The van der Waals surface area contributed by atoms with Crippen molar-refractivity contribution in [3.63, 3.8) is 0 Å². The van der Waals surface area contributed by atoms with Gasteiger partial charge in [-0.15, -0.1) is 0 Å². The molecule has 1 N–H and O–H groups in total. The van der Waals surface area contributed by atoms with E-state index in [2.05, 4.69) is 11.5 Å². The third-order valence-electron chi connectivity index (χ3n) is 5.82. The molecule has 4 aliphatic rings. The van der Waals surface area contributed by atoms with Crippen molar-refractivity contribution in [3.05, 3.63) is 23.5 Å². The van der Waals surface area contributed by atoms with Crippen molar-refractivity contribution in [1.82, 2.24) is 4.57 Å². The molecule has 0 aromatic carbocycles. The van der Waals surface area contributed by atoms with E-state index < -0.39 is 5.97 Å². The minimum atomic E-state index is -0.776.